The van der Waals surface area contributed by atoms with E-state index >= 15 is 0 Å². The molecule has 2 rings (SSSR count). The molecule has 0 spiro atoms. The molecule has 7 heteroatoms. The highest BCUT2D eigenvalue weighted by molar-refractivity contribution is 4.65. The summed E-state index contributed by atoms with van der Waals surface area (Å²) in [6.07, 6.45) is 4.10. The van der Waals surface area contributed by atoms with Gasteiger partial charge in [-0.15, -0.1) is 0 Å². The Balaban J connectivity index is 0.0000001000. The van der Waals surface area contributed by atoms with E-state index in [1.807, 2.05) is 0 Å². The van der Waals surface area contributed by atoms with Crippen molar-refractivity contribution in [2.75, 3.05) is 0 Å². The van der Waals surface area contributed by atoms with Crippen LogP contribution < -0.4 is 5.48 Å². The van der Waals surface area contributed by atoms with Gasteiger partial charge in [-0.1, -0.05) is 10.1 Å². The number of hydroxylamine groups is 1. The molecule has 2 heterocycles. The molecule has 54 valence electrons. The SMILES string of the molecule is C1=COON1.c1nnno1. The number of nitrogens with one attached hydrogen (secondary N) is 1. The van der Waals surface area contributed by atoms with E-state index in [0.29, 0.717) is 0 Å². The van der Waals surface area contributed by atoms with E-state index in [2.05, 4.69) is 35.5 Å². The first kappa shape index (κ1) is 6.49. The van der Waals surface area contributed by atoms with Crippen molar-refractivity contribution in [3.8, 4) is 0 Å². The summed E-state index contributed by atoms with van der Waals surface area (Å²) in [6, 6.07) is 0. The topological polar surface area (TPSA) is 82.3 Å². The molecule has 7 nitrogen and oxygen atoms in total. The van der Waals surface area contributed by atoms with Crippen LogP contribution in [0, 0.1) is 0 Å². The van der Waals surface area contributed by atoms with Crippen LogP contribution in [0.5, 0.6) is 0 Å². The summed E-state index contributed by atoms with van der Waals surface area (Å²) in [6.45, 7) is 0. The van der Waals surface area contributed by atoms with Gasteiger partial charge in [0.15, 0.2) is 0 Å². The van der Waals surface area contributed by atoms with Gasteiger partial charge >= 0.3 is 0 Å². The van der Waals surface area contributed by atoms with Gasteiger partial charge in [-0.05, 0) is 5.21 Å². The zero-order valence-electron chi connectivity index (χ0n) is 4.80. The molecule has 0 aromatic carbocycles. The average Bonchev–Trinajstić information content (AvgIpc) is 2.67. The Morgan fingerprint density at radius 1 is 1.40 bits per heavy atom. The Hall–Kier alpha value is -1.63. The van der Waals surface area contributed by atoms with E-state index in [-0.39, 0.29) is 0 Å². The zero-order chi connectivity index (χ0) is 7.07. The normalized spacial score (nSPS) is 12.8. The van der Waals surface area contributed by atoms with Crippen molar-refractivity contribution in [3.05, 3.63) is 18.9 Å². The molecule has 0 bridgehead atoms. The van der Waals surface area contributed by atoms with Crippen LogP contribution in [0.25, 0.3) is 0 Å². The molecule has 0 saturated heterocycles. The number of aromatic nitrogens is 3. The summed E-state index contributed by atoms with van der Waals surface area (Å²) < 4.78 is 4.11. The van der Waals surface area contributed by atoms with Gasteiger partial charge in [-0.2, -0.15) is 0 Å². The molecular weight excluding hydrogens is 140 g/mol. The van der Waals surface area contributed by atoms with Crippen LogP contribution in [0.3, 0.4) is 0 Å². The van der Waals surface area contributed by atoms with Crippen LogP contribution in [-0.2, 0) is 9.88 Å². The third kappa shape index (κ3) is 2.62. The van der Waals surface area contributed by atoms with Crippen molar-refractivity contribution in [2.24, 2.45) is 0 Å². The maximum atomic E-state index is 4.15. The minimum Gasteiger partial charge on any atom is -0.324 e. The largest absolute Gasteiger partial charge is 0.324 e. The van der Waals surface area contributed by atoms with Gasteiger partial charge in [0, 0.05) is 0 Å². The van der Waals surface area contributed by atoms with E-state index in [1.165, 1.54) is 6.26 Å². The lowest BCUT2D eigenvalue weighted by Gasteiger charge is -1.81. The van der Waals surface area contributed by atoms with Crippen molar-refractivity contribution in [1.29, 1.82) is 0 Å². The third-order valence-electron chi connectivity index (χ3n) is 0.517. The standard InChI is InChI=1S/C2H3NO2.CHN3O/c1-2-4-5-3-1;1-2-3-4-5-1/h1-3H;1H. The van der Waals surface area contributed by atoms with Gasteiger partial charge in [0.25, 0.3) is 0 Å². The Kier molecular flexibility index (Phi) is 2.77. The van der Waals surface area contributed by atoms with Crippen LogP contribution in [0.1, 0.15) is 0 Å². The predicted molar refractivity (Wildman–Crippen MR) is 26.5 cm³/mol. The molecule has 0 aliphatic carbocycles. The fourth-order valence-corrected chi connectivity index (χ4v) is 0.244. The molecule has 0 atom stereocenters. The smallest absolute Gasteiger partial charge is 0.235 e. The lowest BCUT2D eigenvalue weighted by atomic mass is 11.0. The Bertz CT molecular complexity index is 151. The monoisotopic (exact) mass is 144 g/mol. The molecule has 1 aromatic heterocycles. The van der Waals surface area contributed by atoms with Crippen LogP contribution in [0.4, 0.5) is 0 Å². The molecule has 0 fully saturated rings. The van der Waals surface area contributed by atoms with Crippen molar-refractivity contribution in [1.82, 2.24) is 21.1 Å². The molecule has 1 aromatic rings. The minimum atomic E-state index is 1.15. The lowest BCUT2D eigenvalue weighted by Crippen LogP contribution is -1.94. The predicted octanol–water partition coefficient (Wildman–Crippen LogP) is -0.611. The average molecular weight is 144 g/mol. The maximum absolute atomic E-state index is 4.15. The van der Waals surface area contributed by atoms with Crippen LogP contribution in [-0.4, -0.2) is 15.6 Å². The van der Waals surface area contributed by atoms with Crippen molar-refractivity contribution in [3.63, 3.8) is 0 Å². The first-order valence-electron chi connectivity index (χ1n) is 2.30. The summed E-state index contributed by atoms with van der Waals surface area (Å²) in [7, 11) is 0. The molecule has 0 amide bonds. The van der Waals surface area contributed by atoms with Gasteiger partial charge < -0.3 is 9.41 Å². The number of hydrogen-bond donors (Lipinski definition) is 1. The minimum absolute atomic E-state index is 1.15. The Labute approximate surface area is 55.5 Å². The number of hydrogen-bond acceptors (Lipinski definition) is 7. The van der Waals surface area contributed by atoms with Crippen LogP contribution >= 0.6 is 0 Å². The molecule has 10 heavy (non-hydrogen) atoms. The van der Waals surface area contributed by atoms with Crippen LogP contribution in [0.15, 0.2) is 23.4 Å². The summed E-state index contributed by atoms with van der Waals surface area (Å²) in [4.78, 5) is 8.24. The van der Waals surface area contributed by atoms with Crippen LogP contribution in [0.2, 0.25) is 0 Å². The van der Waals surface area contributed by atoms with E-state index < -0.39 is 0 Å². The molecule has 1 aliphatic heterocycles. The fourth-order valence-electron chi connectivity index (χ4n) is 0.244. The molecule has 0 unspecified atom stereocenters. The molecular formula is C3H4N4O3. The van der Waals surface area contributed by atoms with Gasteiger partial charge in [0.1, 0.15) is 6.26 Å². The summed E-state index contributed by atoms with van der Waals surface area (Å²) >= 11 is 0. The van der Waals surface area contributed by atoms with Crippen molar-refractivity contribution >= 4 is 0 Å². The van der Waals surface area contributed by atoms with Gasteiger partial charge in [0.2, 0.25) is 6.39 Å². The quantitative estimate of drug-likeness (QED) is 0.486. The second-order valence-corrected chi connectivity index (χ2v) is 1.10. The highest BCUT2D eigenvalue weighted by Gasteiger charge is 1.81. The van der Waals surface area contributed by atoms with E-state index in [0.717, 1.165) is 6.39 Å². The fraction of sp³-hybridized carbons (Fsp3) is 0. The van der Waals surface area contributed by atoms with Gasteiger partial charge in [-0.3, -0.25) is 0 Å². The van der Waals surface area contributed by atoms with E-state index in [9.17, 15) is 0 Å². The van der Waals surface area contributed by atoms with Crippen molar-refractivity contribution < 1.29 is 14.4 Å². The van der Waals surface area contributed by atoms with Gasteiger partial charge in [0.05, 0.1) is 11.5 Å². The molecule has 0 radical (unpaired) electrons. The first-order valence-corrected chi connectivity index (χ1v) is 2.30. The molecule has 0 saturated carbocycles. The molecule has 1 N–H and O–H groups in total. The van der Waals surface area contributed by atoms with Gasteiger partial charge in [-0.25, -0.2) is 5.48 Å². The Morgan fingerprint density at radius 3 is 2.60 bits per heavy atom. The summed E-state index contributed by atoms with van der Waals surface area (Å²) in [5.41, 5.74) is 2.32. The second kappa shape index (κ2) is 4.27. The maximum Gasteiger partial charge on any atom is 0.235 e. The highest BCUT2D eigenvalue weighted by atomic mass is 17.3. The lowest BCUT2D eigenvalue weighted by molar-refractivity contribution is -0.264. The van der Waals surface area contributed by atoms with Crippen molar-refractivity contribution in [2.45, 2.75) is 0 Å². The summed E-state index contributed by atoms with van der Waals surface area (Å²) in [5.74, 6) is 0. The van der Waals surface area contributed by atoms with E-state index in [1.54, 1.807) is 6.20 Å². The second-order valence-electron chi connectivity index (χ2n) is 1.10. The first-order chi connectivity index (χ1) is 5.00. The molecule has 1 aliphatic rings. The Morgan fingerprint density at radius 2 is 2.40 bits per heavy atom. The zero-order valence-corrected chi connectivity index (χ0v) is 4.80. The third-order valence-corrected chi connectivity index (χ3v) is 0.517. The number of rotatable bonds is 0. The highest BCUT2D eigenvalue weighted by Crippen LogP contribution is 1.80. The number of nitrogens with zero attached hydrogens (tertiary/aromatic N) is 3. The van der Waals surface area contributed by atoms with E-state index in [4.69, 9.17) is 0 Å². The summed E-state index contributed by atoms with van der Waals surface area (Å²) in [5, 5.41) is 9.24.